The van der Waals surface area contributed by atoms with Gasteiger partial charge in [0.05, 0.1) is 6.61 Å². The summed E-state index contributed by atoms with van der Waals surface area (Å²) in [5.74, 6) is 1.76. The van der Waals surface area contributed by atoms with Gasteiger partial charge in [-0.1, -0.05) is 13.8 Å². The van der Waals surface area contributed by atoms with Crippen LogP contribution in [-0.2, 0) is 0 Å². The van der Waals surface area contributed by atoms with Crippen LogP contribution in [0.15, 0.2) is 6.33 Å². The van der Waals surface area contributed by atoms with E-state index in [1.165, 1.54) is 6.33 Å². The van der Waals surface area contributed by atoms with Crippen molar-refractivity contribution in [1.82, 2.24) is 9.97 Å². The second-order valence-electron chi connectivity index (χ2n) is 3.98. The molecule has 1 aromatic heterocycles. The highest BCUT2D eigenvalue weighted by Crippen LogP contribution is 2.24. The lowest BCUT2D eigenvalue weighted by atomic mass is 10.1. The van der Waals surface area contributed by atoms with Crippen LogP contribution in [0.3, 0.4) is 0 Å². The lowest BCUT2D eigenvalue weighted by Gasteiger charge is -2.11. The number of nitrogen functional groups attached to an aromatic ring is 1. The third kappa shape index (κ3) is 3.56. The maximum absolute atomic E-state index is 5.87. The summed E-state index contributed by atoms with van der Waals surface area (Å²) in [6.45, 7) is 7.65. The molecule has 0 aliphatic carbocycles. The lowest BCUT2D eigenvalue weighted by Crippen LogP contribution is -2.10. The molecule has 90 valence electrons. The van der Waals surface area contributed by atoms with Crippen molar-refractivity contribution in [2.24, 2.45) is 5.92 Å². The number of hydrogen-bond donors (Lipinski definition) is 2. The Morgan fingerprint density at radius 3 is 2.81 bits per heavy atom. The minimum atomic E-state index is 0.449. The van der Waals surface area contributed by atoms with Gasteiger partial charge in [0.2, 0.25) is 5.88 Å². The van der Waals surface area contributed by atoms with Crippen LogP contribution in [0.1, 0.15) is 27.2 Å². The van der Waals surface area contributed by atoms with Crippen molar-refractivity contribution in [2.45, 2.75) is 27.2 Å². The van der Waals surface area contributed by atoms with Crippen LogP contribution in [0, 0.1) is 5.92 Å². The topological polar surface area (TPSA) is 73.1 Å². The predicted molar refractivity (Wildman–Crippen MR) is 65.6 cm³/mol. The molecule has 0 saturated heterocycles. The van der Waals surface area contributed by atoms with Crippen LogP contribution in [0.4, 0.5) is 11.5 Å². The van der Waals surface area contributed by atoms with Crippen LogP contribution >= 0.6 is 0 Å². The van der Waals surface area contributed by atoms with Gasteiger partial charge in [-0.15, -0.1) is 0 Å². The average molecular weight is 224 g/mol. The van der Waals surface area contributed by atoms with Crippen molar-refractivity contribution in [2.75, 3.05) is 24.2 Å². The summed E-state index contributed by atoms with van der Waals surface area (Å²) < 4.78 is 5.29. The fourth-order valence-corrected chi connectivity index (χ4v) is 1.25. The van der Waals surface area contributed by atoms with Crippen LogP contribution in [0.5, 0.6) is 5.88 Å². The Balaban J connectivity index is 2.62. The van der Waals surface area contributed by atoms with E-state index in [1.807, 2.05) is 6.92 Å². The molecule has 5 heteroatoms. The summed E-state index contributed by atoms with van der Waals surface area (Å²) in [5.41, 5.74) is 6.35. The predicted octanol–water partition coefficient (Wildman–Crippen LogP) is 1.92. The second kappa shape index (κ2) is 6.15. The van der Waals surface area contributed by atoms with Crippen molar-refractivity contribution in [3.8, 4) is 5.88 Å². The first kappa shape index (κ1) is 12.5. The van der Waals surface area contributed by atoms with Gasteiger partial charge in [-0.2, -0.15) is 4.98 Å². The molecule has 0 aromatic carbocycles. The summed E-state index contributed by atoms with van der Waals surface area (Å²) in [4.78, 5) is 8.06. The molecule has 0 saturated carbocycles. The summed E-state index contributed by atoms with van der Waals surface area (Å²) in [7, 11) is 0. The maximum atomic E-state index is 5.87. The fourth-order valence-electron chi connectivity index (χ4n) is 1.25. The highest BCUT2D eigenvalue weighted by atomic mass is 16.5. The van der Waals surface area contributed by atoms with E-state index in [0.29, 0.717) is 29.9 Å². The van der Waals surface area contributed by atoms with Gasteiger partial charge in [-0.25, -0.2) is 4.98 Å². The zero-order valence-electron chi connectivity index (χ0n) is 10.2. The minimum absolute atomic E-state index is 0.449. The maximum Gasteiger partial charge on any atom is 0.242 e. The van der Waals surface area contributed by atoms with E-state index in [2.05, 4.69) is 29.1 Å². The third-order valence-corrected chi connectivity index (χ3v) is 2.14. The number of rotatable bonds is 6. The Labute approximate surface area is 96.4 Å². The third-order valence-electron chi connectivity index (χ3n) is 2.14. The number of anilines is 2. The van der Waals surface area contributed by atoms with Gasteiger partial charge >= 0.3 is 0 Å². The number of hydrogen-bond acceptors (Lipinski definition) is 5. The van der Waals surface area contributed by atoms with Gasteiger partial charge in [0.1, 0.15) is 12.0 Å². The van der Waals surface area contributed by atoms with Crippen LogP contribution < -0.4 is 15.8 Å². The molecule has 5 nitrogen and oxygen atoms in total. The summed E-state index contributed by atoms with van der Waals surface area (Å²) in [6.07, 6.45) is 2.53. The number of nitrogens with one attached hydrogen (secondary N) is 1. The number of aromatic nitrogens is 2. The number of ether oxygens (including phenoxy) is 1. The van der Waals surface area contributed by atoms with Crippen molar-refractivity contribution >= 4 is 11.5 Å². The zero-order chi connectivity index (χ0) is 12.0. The van der Waals surface area contributed by atoms with E-state index in [-0.39, 0.29) is 0 Å². The summed E-state index contributed by atoms with van der Waals surface area (Å²) >= 11 is 0. The Morgan fingerprint density at radius 2 is 2.19 bits per heavy atom. The van der Waals surface area contributed by atoms with E-state index >= 15 is 0 Å². The molecule has 3 N–H and O–H groups in total. The normalized spacial score (nSPS) is 10.5. The Morgan fingerprint density at radius 1 is 1.44 bits per heavy atom. The van der Waals surface area contributed by atoms with E-state index in [9.17, 15) is 0 Å². The molecular formula is C11H20N4O. The van der Waals surface area contributed by atoms with E-state index < -0.39 is 0 Å². The molecule has 0 bridgehead atoms. The molecule has 0 radical (unpaired) electrons. The highest BCUT2D eigenvalue weighted by Gasteiger charge is 2.08. The van der Waals surface area contributed by atoms with Gasteiger partial charge in [-0.3, -0.25) is 0 Å². The first-order valence-electron chi connectivity index (χ1n) is 5.62. The van der Waals surface area contributed by atoms with Gasteiger partial charge in [0, 0.05) is 6.54 Å². The SMILES string of the molecule is CCOc1ncnc(NCCC(C)C)c1N. The van der Waals surface area contributed by atoms with Crippen molar-refractivity contribution in [3.63, 3.8) is 0 Å². The molecule has 0 atom stereocenters. The average Bonchev–Trinajstić information content (AvgIpc) is 2.23. The summed E-state index contributed by atoms with van der Waals surface area (Å²) in [5, 5.41) is 3.19. The summed E-state index contributed by atoms with van der Waals surface area (Å²) in [6, 6.07) is 0. The zero-order valence-corrected chi connectivity index (χ0v) is 10.2. The largest absolute Gasteiger partial charge is 0.476 e. The Hall–Kier alpha value is -1.52. The van der Waals surface area contributed by atoms with Gasteiger partial charge < -0.3 is 15.8 Å². The Kier molecular flexibility index (Phi) is 4.82. The van der Waals surface area contributed by atoms with E-state index in [4.69, 9.17) is 10.5 Å². The van der Waals surface area contributed by atoms with Gasteiger partial charge in [0.15, 0.2) is 5.82 Å². The molecule has 1 heterocycles. The quantitative estimate of drug-likeness (QED) is 0.772. The minimum Gasteiger partial charge on any atom is -0.476 e. The molecule has 0 fully saturated rings. The number of nitrogens with two attached hydrogens (primary N) is 1. The van der Waals surface area contributed by atoms with Crippen LogP contribution in [0.2, 0.25) is 0 Å². The molecule has 0 unspecified atom stereocenters. The Bertz CT molecular complexity index is 328. The number of nitrogens with zero attached hydrogens (tertiary/aromatic N) is 2. The molecule has 0 aliphatic rings. The second-order valence-corrected chi connectivity index (χ2v) is 3.98. The molecule has 0 amide bonds. The monoisotopic (exact) mass is 224 g/mol. The molecule has 0 aliphatic heterocycles. The molecule has 1 rings (SSSR count). The molecule has 0 spiro atoms. The van der Waals surface area contributed by atoms with E-state index in [1.54, 1.807) is 0 Å². The van der Waals surface area contributed by atoms with Crippen molar-refractivity contribution < 1.29 is 4.74 Å². The van der Waals surface area contributed by atoms with Gasteiger partial charge in [0.25, 0.3) is 0 Å². The van der Waals surface area contributed by atoms with E-state index in [0.717, 1.165) is 13.0 Å². The molecule has 16 heavy (non-hydrogen) atoms. The van der Waals surface area contributed by atoms with Crippen molar-refractivity contribution in [3.05, 3.63) is 6.33 Å². The molecule has 1 aromatic rings. The molecular weight excluding hydrogens is 204 g/mol. The lowest BCUT2D eigenvalue weighted by molar-refractivity contribution is 0.328. The van der Waals surface area contributed by atoms with Crippen molar-refractivity contribution in [1.29, 1.82) is 0 Å². The van der Waals surface area contributed by atoms with Crippen LogP contribution in [0.25, 0.3) is 0 Å². The van der Waals surface area contributed by atoms with Gasteiger partial charge in [-0.05, 0) is 19.3 Å². The first-order valence-corrected chi connectivity index (χ1v) is 5.62. The fraction of sp³-hybridized carbons (Fsp3) is 0.636. The highest BCUT2D eigenvalue weighted by molar-refractivity contribution is 5.66. The first-order chi connectivity index (χ1) is 7.65. The standard InChI is InChI=1S/C11H20N4O/c1-4-16-11-9(12)10(14-7-15-11)13-6-5-8(2)3/h7-8H,4-6,12H2,1-3H3,(H,13,14,15). The smallest absolute Gasteiger partial charge is 0.242 e. The van der Waals surface area contributed by atoms with Crippen LogP contribution in [-0.4, -0.2) is 23.1 Å².